The molecule has 4 aromatic rings. The number of rotatable bonds is 8. The van der Waals surface area contributed by atoms with Crippen LogP contribution in [0.25, 0.3) is 11.0 Å². The molecule has 11 nitrogen and oxygen atoms in total. The van der Waals surface area contributed by atoms with Crippen molar-refractivity contribution >= 4 is 65.8 Å². The summed E-state index contributed by atoms with van der Waals surface area (Å²) in [6, 6.07) is 7.73. The molecule has 3 heterocycles. The van der Waals surface area contributed by atoms with Crippen molar-refractivity contribution in [2.24, 2.45) is 0 Å². The molecule has 1 saturated heterocycles. The summed E-state index contributed by atoms with van der Waals surface area (Å²) in [6.45, 7) is 4.29. The van der Waals surface area contributed by atoms with Gasteiger partial charge in [-0.2, -0.15) is 4.98 Å². The molecule has 2 aromatic heterocycles. The van der Waals surface area contributed by atoms with E-state index in [1.54, 1.807) is 31.6 Å². The van der Waals surface area contributed by atoms with E-state index in [4.69, 9.17) is 4.74 Å². The minimum Gasteiger partial charge on any atom is -0.495 e. The first-order valence-corrected chi connectivity index (χ1v) is 15.8. The van der Waals surface area contributed by atoms with Crippen LogP contribution in [0.15, 0.2) is 47.3 Å². The van der Waals surface area contributed by atoms with Crippen molar-refractivity contribution in [3.8, 4) is 5.75 Å². The summed E-state index contributed by atoms with van der Waals surface area (Å²) in [5.74, 6) is 2.00. The van der Waals surface area contributed by atoms with Gasteiger partial charge in [-0.25, -0.2) is 13.4 Å². The molecule has 216 valence electrons. The predicted molar refractivity (Wildman–Crippen MR) is 166 cm³/mol. The number of methoxy groups -OCH3 is 1. The number of aromatic nitrogens is 4. The standard InChI is InChI=1S/C28H33BrN8O3S/c1-17-14-23(24(40-4)15-19(17)18-8-12-36(2)13-9-18)34-28-32-16-20(29)27(35-28)33-22-7-6-21-25(31-11-10-30-21)26(22)37(3)41(5,38)39/h6-7,10-11,14-16,18H,8-9,12-13H2,1-5H3,(H2,32,33,34,35). The molecule has 2 N–H and O–H groups in total. The van der Waals surface area contributed by atoms with Gasteiger partial charge >= 0.3 is 0 Å². The highest BCUT2D eigenvalue weighted by molar-refractivity contribution is 9.10. The lowest BCUT2D eigenvalue weighted by Crippen LogP contribution is -2.29. The molecule has 0 amide bonds. The fraction of sp³-hybridized carbons (Fsp3) is 0.357. The molecule has 0 unspecified atom stereocenters. The first kappa shape index (κ1) is 29.0. The average molecular weight is 642 g/mol. The highest BCUT2D eigenvalue weighted by Gasteiger charge is 2.23. The van der Waals surface area contributed by atoms with Gasteiger partial charge < -0.3 is 20.3 Å². The number of ether oxygens (including phenoxy) is 1. The second-order valence-electron chi connectivity index (χ2n) is 10.2. The van der Waals surface area contributed by atoms with Crippen LogP contribution in [0, 0.1) is 6.92 Å². The highest BCUT2D eigenvalue weighted by atomic mass is 79.9. The van der Waals surface area contributed by atoms with Gasteiger partial charge in [0, 0.05) is 25.6 Å². The average Bonchev–Trinajstić information content (AvgIpc) is 2.94. The Bertz CT molecular complexity index is 1690. The summed E-state index contributed by atoms with van der Waals surface area (Å²) in [5, 5.41) is 6.56. The van der Waals surface area contributed by atoms with Crippen LogP contribution in [-0.2, 0) is 10.0 Å². The highest BCUT2D eigenvalue weighted by Crippen LogP contribution is 2.39. The molecule has 5 rings (SSSR count). The van der Waals surface area contributed by atoms with Crippen LogP contribution in [0.1, 0.15) is 29.9 Å². The molecule has 1 aliphatic rings. The molecular weight excluding hydrogens is 608 g/mol. The molecule has 0 spiro atoms. The van der Waals surface area contributed by atoms with E-state index in [2.05, 4.69) is 77.5 Å². The Balaban J connectivity index is 1.47. The SMILES string of the molecule is COc1cc(C2CCN(C)CC2)c(C)cc1Nc1ncc(Br)c(Nc2ccc3nccnc3c2N(C)S(C)(=O)=O)n1. The number of anilines is 5. The van der Waals surface area contributed by atoms with Crippen LogP contribution < -0.4 is 19.7 Å². The van der Waals surface area contributed by atoms with Crippen LogP contribution >= 0.6 is 15.9 Å². The first-order valence-electron chi connectivity index (χ1n) is 13.2. The van der Waals surface area contributed by atoms with Gasteiger partial charge in [-0.15, -0.1) is 0 Å². The number of benzene rings is 2. The number of fused-ring (bicyclic) bond motifs is 1. The van der Waals surface area contributed by atoms with Crippen LogP contribution in [0.4, 0.5) is 28.8 Å². The van der Waals surface area contributed by atoms with Crippen LogP contribution in [0.2, 0.25) is 0 Å². The minimum absolute atomic E-state index is 0.346. The normalized spacial score (nSPS) is 14.7. The van der Waals surface area contributed by atoms with E-state index >= 15 is 0 Å². The summed E-state index contributed by atoms with van der Waals surface area (Å²) in [5.41, 5.74) is 5.11. The number of hydrogen-bond donors (Lipinski definition) is 2. The summed E-state index contributed by atoms with van der Waals surface area (Å²) in [6.07, 6.45) is 8.10. The van der Waals surface area contributed by atoms with Crippen molar-refractivity contribution in [3.63, 3.8) is 0 Å². The van der Waals surface area contributed by atoms with Crippen molar-refractivity contribution in [1.29, 1.82) is 0 Å². The van der Waals surface area contributed by atoms with Crippen molar-refractivity contribution in [2.45, 2.75) is 25.7 Å². The fourth-order valence-corrected chi connectivity index (χ4v) is 5.91. The second kappa shape index (κ2) is 11.7. The zero-order valence-corrected chi connectivity index (χ0v) is 26.0. The number of aryl methyl sites for hydroxylation is 1. The van der Waals surface area contributed by atoms with Crippen molar-refractivity contribution < 1.29 is 13.2 Å². The monoisotopic (exact) mass is 640 g/mol. The third kappa shape index (κ3) is 6.21. The lowest BCUT2D eigenvalue weighted by atomic mass is 9.86. The van der Waals surface area contributed by atoms with Gasteiger partial charge in [-0.1, -0.05) is 0 Å². The molecule has 0 saturated carbocycles. The molecular formula is C28H33BrN8O3S. The van der Waals surface area contributed by atoms with Crippen molar-refractivity contribution in [2.75, 3.05) is 55.5 Å². The minimum atomic E-state index is -3.60. The summed E-state index contributed by atoms with van der Waals surface area (Å²) >= 11 is 3.52. The summed E-state index contributed by atoms with van der Waals surface area (Å²) in [7, 11) is 1.71. The Labute approximate surface area is 248 Å². The lowest BCUT2D eigenvalue weighted by Gasteiger charge is -2.30. The van der Waals surface area contributed by atoms with Gasteiger partial charge in [-0.05, 0) is 97.1 Å². The van der Waals surface area contributed by atoms with Gasteiger partial charge in [0.2, 0.25) is 16.0 Å². The van der Waals surface area contributed by atoms with Gasteiger partial charge in [0.15, 0.2) is 0 Å². The molecule has 13 heteroatoms. The molecule has 2 aromatic carbocycles. The lowest BCUT2D eigenvalue weighted by molar-refractivity contribution is 0.255. The van der Waals surface area contributed by atoms with Gasteiger partial charge in [0.1, 0.15) is 22.8 Å². The predicted octanol–water partition coefficient (Wildman–Crippen LogP) is 5.19. The van der Waals surface area contributed by atoms with Gasteiger partial charge in [-0.3, -0.25) is 14.3 Å². The number of piperidine rings is 1. The van der Waals surface area contributed by atoms with E-state index in [1.165, 1.54) is 28.7 Å². The van der Waals surface area contributed by atoms with E-state index in [0.29, 0.717) is 44.6 Å². The maximum atomic E-state index is 12.5. The van der Waals surface area contributed by atoms with Crippen LogP contribution in [0.5, 0.6) is 5.75 Å². The summed E-state index contributed by atoms with van der Waals surface area (Å²) < 4.78 is 32.6. The van der Waals surface area contributed by atoms with Crippen LogP contribution in [-0.4, -0.2) is 73.8 Å². The number of sulfonamides is 1. The number of likely N-dealkylation sites (tertiary alicyclic amines) is 1. The number of hydrogen-bond acceptors (Lipinski definition) is 10. The molecule has 0 radical (unpaired) electrons. The Morgan fingerprint density at radius 2 is 1.80 bits per heavy atom. The number of nitrogens with one attached hydrogen (secondary N) is 2. The molecule has 41 heavy (non-hydrogen) atoms. The van der Waals surface area contributed by atoms with Gasteiger partial charge in [0.05, 0.1) is 34.7 Å². The fourth-order valence-electron chi connectivity index (χ4n) is 5.10. The Morgan fingerprint density at radius 1 is 1.07 bits per heavy atom. The largest absolute Gasteiger partial charge is 0.495 e. The van der Waals surface area contributed by atoms with Crippen molar-refractivity contribution in [1.82, 2.24) is 24.8 Å². The molecule has 1 aliphatic heterocycles. The maximum Gasteiger partial charge on any atom is 0.232 e. The van der Waals surface area contributed by atoms with E-state index in [0.717, 1.165) is 43.6 Å². The third-order valence-electron chi connectivity index (χ3n) is 7.42. The van der Waals surface area contributed by atoms with E-state index < -0.39 is 10.0 Å². The van der Waals surface area contributed by atoms with E-state index in [1.807, 2.05) is 0 Å². The third-order valence-corrected chi connectivity index (χ3v) is 9.17. The van der Waals surface area contributed by atoms with Crippen molar-refractivity contribution in [3.05, 3.63) is 58.5 Å². The Kier molecular flexibility index (Phi) is 8.30. The van der Waals surface area contributed by atoms with E-state index in [9.17, 15) is 8.42 Å². The first-order chi connectivity index (χ1) is 19.5. The Hall–Kier alpha value is -3.55. The quantitative estimate of drug-likeness (QED) is 0.266. The Morgan fingerprint density at radius 3 is 2.51 bits per heavy atom. The summed E-state index contributed by atoms with van der Waals surface area (Å²) in [4.78, 5) is 20.2. The maximum absolute atomic E-state index is 12.5. The zero-order chi connectivity index (χ0) is 29.3. The van der Waals surface area contributed by atoms with Gasteiger partial charge in [0.25, 0.3) is 0 Å². The van der Waals surface area contributed by atoms with Crippen LogP contribution in [0.3, 0.4) is 0 Å². The number of nitrogens with zero attached hydrogens (tertiary/aromatic N) is 6. The number of halogens is 1. The molecule has 0 aliphatic carbocycles. The molecule has 1 fully saturated rings. The molecule has 0 atom stereocenters. The molecule has 0 bridgehead atoms. The second-order valence-corrected chi connectivity index (χ2v) is 13.1. The topological polar surface area (TPSA) is 125 Å². The zero-order valence-electron chi connectivity index (χ0n) is 23.6. The smallest absolute Gasteiger partial charge is 0.232 e. The van der Waals surface area contributed by atoms with E-state index in [-0.39, 0.29) is 0 Å².